The maximum Gasteiger partial charge on any atom is 0.147 e. The lowest BCUT2D eigenvalue weighted by Gasteiger charge is -2.31. The third kappa shape index (κ3) is 4.81. The summed E-state index contributed by atoms with van der Waals surface area (Å²) in [6.07, 6.45) is 2.14. The molecule has 0 atom stereocenters. The molecule has 2 heterocycles. The van der Waals surface area contributed by atoms with Crippen molar-refractivity contribution in [2.75, 3.05) is 13.1 Å². The summed E-state index contributed by atoms with van der Waals surface area (Å²) >= 11 is 0. The Kier molecular flexibility index (Phi) is 7.00. The number of nitrogens with zero attached hydrogens (tertiary/aromatic N) is 1. The van der Waals surface area contributed by atoms with Gasteiger partial charge in [-0.1, -0.05) is 133 Å². The molecule has 0 spiro atoms. The second-order valence-electron chi connectivity index (χ2n) is 11.8. The third-order valence-electron chi connectivity index (χ3n) is 8.81. The van der Waals surface area contributed by atoms with E-state index in [2.05, 4.69) is 146 Å². The molecule has 0 saturated carbocycles. The molecule has 0 saturated heterocycles. The van der Waals surface area contributed by atoms with Gasteiger partial charge in [0.1, 0.15) is 17.3 Å². The van der Waals surface area contributed by atoms with Gasteiger partial charge in [-0.2, -0.15) is 0 Å². The van der Waals surface area contributed by atoms with Crippen LogP contribution in [0.25, 0.3) is 44.4 Å². The van der Waals surface area contributed by atoms with Gasteiger partial charge < -0.3 is 10.1 Å². The highest BCUT2D eigenvalue weighted by molar-refractivity contribution is 6.23. The molecule has 6 aromatic rings. The van der Waals surface area contributed by atoms with Gasteiger partial charge in [-0.15, -0.1) is 0 Å². The van der Waals surface area contributed by atoms with Gasteiger partial charge in [-0.25, -0.2) is 0 Å². The first-order valence-electron chi connectivity index (χ1n) is 15.8. The fourth-order valence-corrected chi connectivity index (χ4v) is 6.87. The van der Waals surface area contributed by atoms with Gasteiger partial charge in [0.2, 0.25) is 0 Å². The van der Waals surface area contributed by atoms with Crippen molar-refractivity contribution < 1.29 is 4.74 Å². The van der Waals surface area contributed by atoms with Gasteiger partial charge in [-0.05, 0) is 58.5 Å². The minimum Gasteiger partial charge on any atom is -0.455 e. The Morgan fingerprint density at radius 3 is 1.82 bits per heavy atom. The zero-order chi connectivity index (χ0) is 30.2. The van der Waals surface area contributed by atoms with Crippen LogP contribution in [0.4, 0.5) is 0 Å². The van der Waals surface area contributed by atoms with Gasteiger partial charge in [-0.3, -0.25) is 4.99 Å². The summed E-state index contributed by atoms with van der Waals surface area (Å²) in [6.45, 7) is 3.87. The Bertz CT molecular complexity index is 2080. The summed E-state index contributed by atoms with van der Waals surface area (Å²) in [7, 11) is 0. The zero-order valence-electron chi connectivity index (χ0n) is 25.4. The molecule has 3 nitrogen and oxygen atoms in total. The summed E-state index contributed by atoms with van der Waals surface area (Å²) in [5.74, 6) is 2.64. The fraction of sp³-hybridized carbons (Fsp3) is 0.119. The summed E-state index contributed by atoms with van der Waals surface area (Å²) in [4.78, 5) is 5.19. The molecular weight excluding hydrogens is 548 g/mol. The zero-order valence-corrected chi connectivity index (χ0v) is 25.4. The van der Waals surface area contributed by atoms with Crippen LogP contribution in [0.1, 0.15) is 40.7 Å². The summed E-state index contributed by atoms with van der Waals surface area (Å²) < 4.78 is 7.33. The van der Waals surface area contributed by atoms with Gasteiger partial charge in [0.25, 0.3) is 0 Å². The minimum absolute atomic E-state index is 0.784. The predicted octanol–water partition coefficient (Wildman–Crippen LogP) is 9.92. The molecule has 1 N–H and O–H groups in total. The first-order valence-corrected chi connectivity index (χ1v) is 15.8. The lowest BCUT2D eigenvalue weighted by Crippen LogP contribution is -2.26. The van der Waals surface area contributed by atoms with Crippen LogP contribution in [0.15, 0.2) is 138 Å². The molecule has 3 heteroatoms. The van der Waals surface area contributed by atoms with E-state index in [-0.39, 0.29) is 0 Å². The third-order valence-corrected chi connectivity index (χ3v) is 8.81. The summed E-state index contributed by atoms with van der Waals surface area (Å²) in [5.41, 5.74) is 11.4. The van der Waals surface area contributed by atoms with Crippen molar-refractivity contribution in [2.24, 2.45) is 4.99 Å². The average Bonchev–Trinajstić information content (AvgIpc) is 3.39. The average molecular weight is 583 g/mol. The van der Waals surface area contributed by atoms with Gasteiger partial charge in [0.15, 0.2) is 0 Å². The van der Waals surface area contributed by atoms with E-state index in [1.54, 1.807) is 0 Å². The molecule has 8 rings (SSSR count). The maximum atomic E-state index is 7.33. The van der Waals surface area contributed by atoms with Crippen LogP contribution in [0, 0.1) is 6.92 Å². The number of benzene rings is 6. The van der Waals surface area contributed by atoms with Crippen molar-refractivity contribution >= 4 is 27.9 Å². The Labute approximate surface area is 264 Å². The highest BCUT2D eigenvalue weighted by atomic mass is 16.5. The first-order chi connectivity index (χ1) is 22.3. The molecule has 0 radical (unpaired) electrons. The lowest BCUT2D eigenvalue weighted by molar-refractivity contribution is 0.518. The highest BCUT2D eigenvalue weighted by Gasteiger charge is 2.33. The summed E-state index contributed by atoms with van der Waals surface area (Å²) in [5, 5.41) is 6.04. The monoisotopic (exact) mass is 582 g/mol. The highest BCUT2D eigenvalue weighted by Crippen LogP contribution is 2.53. The van der Waals surface area contributed by atoms with Crippen LogP contribution < -0.4 is 10.1 Å². The summed E-state index contributed by atoms with van der Waals surface area (Å²) in [6, 6.07) is 47.4. The van der Waals surface area contributed by atoms with E-state index in [1.165, 1.54) is 27.6 Å². The smallest absolute Gasteiger partial charge is 0.147 e. The minimum atomic E-state index is 0.784. The van der Waals surface area contributed by atoms with Gasteiger partial charge >= 0.3 is 0 Å². The normalized spacial score (nSPS) is 14.4. The van der Waals surface area contributed by atoms with E-state index in [4.69, 9.17) is 9.73 Å². The van der Waals surface area contributed by atoms with Crippen LogP contribution in [-0.2, 0) is 0 Å². The Balaban J connectivity index is 1.59. The number of ether oxygens (including phenoxy) is 1. The van der Waals surface area contributed by atoms with Crippen LogP contribution in [0.5, 0.6) is 5.75 Å². The molecule has 2 aliphatic heterocycles. The molecule has 2 aliphatic rings. The molecular formula is C42H34N2O. The number of aryl methyl sites for hydroxylation is 1. The van der Waals surface area contributed by atoms with Crippen molar-refractivity contribution in [1.29, 1.82) is 0 Å². The van der Waals surface area contributed by atoms with Crippen LogP contribution in [-0.4, -0.2) is 18.9 Å². The van der Waals surface area contributed by atoms with Crippen molar-refractivity contribution in [3.05, 3.63) is 161 Å². The second kappa shape index (κ2) is 11.6. The van der Waals surface area contributed by atoms with Crippen molar-refractivity contribution in [3.63, 3.8) is 0 Å². The van der Waals surface area contributed by atoms with Crippen molar-refractivity contribution in [2.45, 2.75) is 19.8 Å². The standard InChI is InChI=1S/C42H34N2O/c1-28-26-33-35(29-16-6-2-7-17-29)37(31-20-10-4-11-21-31)39(42-43-24-14-15-25-44-42)41-38(33)34(27-28)36(30-18-8-3-9-19-30)40(45-41)32-22-12-5-13-23-32/h2-13,16-23,26-27H,14-15,24-25H2,1H3,(H,43,44). The number of nitrogens with one attached hydrogen (secondary N) is 1. The van der Waals surface area contributed by atoms with Crippen molar-refractivity contribution in [3.8, 4) is 28.0 Å². The Morgan fingerprint density at radius 2 is 1.18 bits per heavy atom. The number of rotatable bonds is 5. The number of hydrogen-bond donors (Lipinski definition) is 1. The Hall–Kier alpha value is -5.41. The lowest BCUT2D eigenvalue weighted by atomic mass is 9.80. The number of hydrogen-bond acceptors (Lipinski definition) is 3. The fourth-order valence-electron chi connectivity index (χ4n) is 6.87. The van der Waals surface area contributed by atoms with Crippen LogP contribution in [0.3, 0.4) is 0 Å². The molecule has 6 aromatic carbocycles. The molecule has 0 bridgehead atoms. The largest absolute Gasteiger partial charge is 0.455 e. The number of amidine groups is 1. The quantitative estimate of drug-likeness (QED) is 0.219. The topological polar surface area (TPSA) is 33.6 Å². The molecule has 0 aromatic heterocycles. The molecule has 0 unspecified atom stereocenters. The van der Waals surface area contributed by atoms with Crippen LogP contribution in [0.2, 0.25) is 0 Å². The Morgan fingerprint density at radius 1 is 0.600 bits per heavy atom. The molecule has 0 fully saturated rings. The van der Waals surface area contributed by atoms with Gasteiger partial charge in [0.05, 0.1) is 5.56 Å². The van der Waals surface area contributed by atoms with E-state index in [0.717, 1.165) is 82.1 Å². The van der Waals surface area contributed by atoms with Crippen LogP contribution >= 0.6 is 0 Å². The molecule has 0 amide bonds. The predicted molar refractivity (Wildman–Crippen MR) is 188 cm³/mol. The van der Waals surface area contributed by atoms with E-state index >= 15 is 0 Å². The van der Waals surface area contributed by atoms with E-state index in [1.807, 2.05) is 0 Å². The second-order valence-corrected chi connectivity index (χ2v) is 11.8. The van der Waals surface area contributed by atoms with E-state index in [9.17, 15) is 0 Å². The van der Waals surface area contributed by atoms with Crippen molar-refractivity contribution in [1.82, 2.24) is 5.32 Å². The van der Waals surface area contributed by atoms with E-state index < -0.39 is 0 Å². The first kappa shape index (κ1) is 27.2. The molecule has 0 aliphatic carbocycles. The SMILES string of the molecule is Cc1cc2c3c(c(C4=NCCCCN4)c(-c4ccccc4)c(-c4ccccc4)c3c1)OC(c1ccccc1)=C2c1ccccc1. The van der Waals surface area contributed by atoms with E-state index in [0.29, 0.717) is 0 Å². The number of aliphatic imine (C=N–C) groups is 1. The maximum absolute atomic E-state index is 7.33. The molecule has 218 valence electrons. The molecule has 45 heavy (non-hydrogen) atoms. The van der Waals surface area contributed by atoms with Gasteiger partial charge in [0, 0.05) is 35.2 Å².